The summed E-state index contributed by atoms with van der Waals surface area (Å²) in [5, 5.41) is 0. The van der Waals surface area contributed by atoms with E-state index in [0.29, 0.717) is 6.61 Å². The molecule has 3 fully saturated rings. The van der Waals surface area contributed by atoms with Crippen LogP contribution in [-0.4, -0.2) is 43.2 Å². The Kier molecular flexibility index (Phi) is 1.72. The predicted octanol–water partition coefficient (Wildman–Crippen LogP) is 0.600. The van der Waals surface area contributed by atoms with Gasteiger partial charge in [0.05, 0.1) is 6.61 Å². The quantitative estimate of drug-likeness (QED) is 0.586. The van der Waals surface area contributed by atoms with Crippen molar-refractivity contribution in [2.24, 2.45) is 0 Å². The summed E-state index contributed by atoms with van der Waals surface area (Å²) in [6, 6.07) is 0. The largest absolute Gasteiger partial charge is 0.370 e. The van der Waals surface area contributed by atoms with E-state index >= 15 is 0 Å². The van der Waals surface area contributed by atoms with Crippen molar-refractivity contribution in [2.45, 2.75) is 50.4 Å². The first-order valence-electron chi connectivity index (χ1n) is 4.84. The molecule has 3 aliphatic heterocycles. The first kappa shape index (κ1) is 9.03. The van der Waals surface area contributed by atoms with Crippen LogP contribution in [0.5, 0.6) is 0 Å². The molecule has 0 radical (unpaired) electrons. The second kappa shape index (κ2) is 2.66. The van der Waals surface area contributed by atoms with E-state index in [4.69, 9.17) is 18.9 Å². The summed E-state index contributed by atoms with van der Waals surface area (Å²) in [6.07, 6.45) is -2.94. The first-order valence-corrected chi connectivity index (χ1v) is 4.84. The average molecular weight is 204 g/mol. The zero-order valence-corrected chi connectivity index (χ0v) is 8.10. The summed E-state index contributed by atoms with van der Waals surface area (Å²) < 4.78 is 35.0. The van der Waals surface area contributed by atoms with Crippen LogP contribution in [0.4, 0.5) is 4.39 Å². The summed E-state index contributed by atoms with van der Waals surface area (Å²) in [4.78, 5) is 0. The fourth-order valence-electron chi connectivity index (χ4n) is 2.03. The molecule has 0 aromatic carbocycles. The van der Waals surface area contributed by atoms with Gasteiger partial charge in [0, 0.05) is 0 Å². The minimum Gasteiger partial charge on any atom is -0.370 e. The van der Waals surface area contributed by atoms with E-state index in [-0.39, 0.29) is 6.10 Å². The third kappa shape index (κ3) is 1.27. The number of hydrogen-bond donors (Lipinski definition) is 0. The Morgan fingerprint density at radius 3 is 2.50 bits per heavy atom. The number of alkyl halides is 1. The van der Waals surface area contributed by atoms with E-state index in [1.807, 2.05) is 0 Å². The normalized spacial score (nSPS) is 54.6. The molecule has 0 aromatic heterocycles. The second-order valence-corrected chi connectivity index (χ2v) is 4.39. The van der Waals surface area contributed by atoms with Crippen molar-refractivity contribution < 1.29 is 23.3 Å². The molecular weight excluding hydrogens is 191 g/mol. The number of fused-ring (bicyclic) bond motifs is 1. The van der Waals surface area contributed by atoms with Crippen LogP contribution in [0, 0.1) is 0 Å². The number of rotatable bonds is 1. The molecule has 80 valence electrons. The van der Waals surface area contributed by atoms with Gasteiger partial charge in [-0.1, -0.05) is 0 Å². The number of hydrogen-bond acceptors (Lipinski definition) is 4. The van der Waals surface area contributed by atoms with Gasteiger partial charge in [-0.05, 0) is 13.8 Å². The van der Waals surface area contributed by atoms with Crippen molar-refractivity contribution in [3.05, 3.63) is 0 Å². The molecule has 4 nitrogen and oxygen atoms in total. The zero-order valence-electron chi connectivity index (χ0n) is 8.10. The molecule has 5 heteroatoms. The third-order valence-electron chi connectivity index (χ3n) is 2.73. The van der Waals surface area contributed by atoms with Gasteiger partial charge in [-0.2, -0.15) is 0 Å². The standard InChI is InChI=1S/C9H13FO4/c1-9(2)13-7-5(10)6(4-3-11-4)12-8(7)14-9/h4-8H,3H2,1-2H3/t4?,5?,6?,7-,8?/m1/s1. The molecule has 0 bridgehead atoms. The van der Waals surface area contributed by atoms with Crippen LogP contribution in [0.1, 0.15) is 13.8 Å². The Balaban J connectivity index is 1.74. The van der Waals surface area contributed by atoms with Crippen LogP contribution in [0.25, 0.3) is 0 Å². The monoisotopic (exact) mass is 204 g/mol. The van der Waals surface area contributed by atoms with Crippen LogP contribution >= 0.6 is 0 Å². The van der Waals surface area contributed by atoms with E-state index in [2.05, 4.69) is 0 Å². The van der Waals surface area contributed by atoms with Crippen molar-refractivity contribution in [3.8, 4) is 0 Å². The molecule has 14 heavy (non-hydrogen) atoms. The molecule has 3 saturated heterocycles. The highest BCUT2D eigenvalue weighted by atomic mass is 19.1. The Bertz CT molecular complexity index is 251. The smallest absolute Gasteiger partial charge is 0.190 e. The van der Waals surface area contributed by atoms with Crippen molar-refractivity contribution >= 4 is 0 Å². The minimum atomic E-state index is -1.14. The predicted molar refractivity (Wildman–Crippen MR) is 43.3 cm³/mol. The highest BCUT2D eigenvalue weighted by Gasteiger charge is 2.59. The van der Waals surface area contributed by atoms with E-state index in [1.165, 1.54) is 0 Å². The van der Waals surface area contributed by atoms with Crippen molar-refractivity contribution in [1.29, 1.82) is 0 Å². The average Bonchev–Trinajstić information content (AvgIpc) is 2.81. The van der Waals surface area contributed by atoms with Gasteiger partial charge in [0.25, 0.3) is 0 Å². The van der Waals surface area contributed by atoms with Gasteiger partial charge >= 0.3 is 0 Å². The van der Waals surface area contributed by atoms with Gasteiger partial charge < -0.3 is 18.9 Å². The Morgan fingerprint density at radius 2 is 1.93 bits per heavy atom. The highest BCUT2D eigenvalue weighted by molar-refractivity contribution is 4.99. The summed E-state index contributed by atoms with van der Waals surface area (Å²) in [5.74, 6) is -0.741. The zero-order chi connectivity index (χ0) is 9.92. The lowest BCUT2D eigenvalue weighted by Gasteiger charge is -2.21. The maximum absolute atomic E-state index is 13.8. The van der Waals surface area contributed by atoms with Crippen molar-refractivity contribution in [2.75, 3.05) is 6.61 Å². The van der Waals surface area contributed by atoms with Gasteiger partial charge in [-0.15, -0.1) is 0 Å². The van der Waals surface area contributed by atoms with E-state index in [0.717, 1.165) is 0 Å². The lowest BCUT2D eigenvalue weighted by Crippen LogP contribution is -2.34. The topological polar surface area (TPSA) is 40.2 Å². The van der Waals surface area contributed by atoms with Gasteiger partial charge in [0.1, 0.15) is 18.3 Å². The molecule has 0 saturated carbocycles. The molecule has 4 unspecified atom stereocenters. The fourth-order valence-corrected chi connectivity index (χ4v) is 2.03. The molecule has 0 aromatic rings. The SMILES string of the molecule is CC1(C)OC2OC(C3CO3)C(F)[C@H]2O1. The second-order valence-electron chi connectivity index (χ2n) is 4.39. The molecule has 0 aliphatic carbocycles. The van der Waals surface area contributed by atoms with Crippen molar-refractivity contribution in [3.63, 3.8) is 0 Å². The summed E-state index contributed by atoms with van der Waals surface area (Å²) in [7, 11) is 0. The number of ether oxygens (including phenoxy) is 4. The molecule has 0 amide bonds. The molecular formula is C9H13FO4. The highest BCUT2D eigenvalue weighted by Crippen LogP contribution is 2.41. The van der Waals surface area contributed by atoms with Gasteiger partial charge in [-0.3, -0.25) is 0 Å². The molecule has 0 N–H and O–H groups in total. The van der Waals surface area contributed by atoms with Gasteiger partial charge in [0.2, 0.25) is 0 Å². The molecule has 3 rings (SSSR count). The maximum Gasteiger partial charge on any atom is 0.190 e. The van der Waals surface area contributed by atoms with Gasteiger partial charge in [0.15, 0.2) is 18.2 Å². The van der Waals surface area contributed by atoms with E-state index in [1.54, 1.807) is 13.8 Å². The summed E-state index contributed by atoms with van der Waals surface area (Å²) in [6.45, 7) is 4.09. The van der Waals surface area contributed by atoms with Crippen LogP contribution in [-0.2, 0) is 18.9 Å². The molecule has 5 atom stereocenters. The van der Waals surface area contributed by atoms with E-state index < -0.39 is 30.5 Å². The lowest BCUT2D eigenvalue weighted by atomic mass is 10.1. The fraction of sp³-hybridized carbons (Fsp3) is 1.00. The molecule has 3 heterocycles. The summed E-state index contributed by atoms with van der Waals surface area (Å²) in [5.41, 5.74) is 0. The minimum absolute atomic E-state index is 0.106. The molecule has 0 spiro atoms. The van der Waals surface area contributed by atoms with Crippen LogP contribution in [0.2, 0.25) is 0 Å². The maximum atomic E-state index is 13.8. The first-order chi connectivity index (χ1) is 6.57. The van der Waals surface area contributed by atoms with Crippen molar-refractivity contribution in [1.82, 2.24) is 0 Å². The lowest BCUT2D eigenvalue weighted by molar-refractivity contribution is -0.212. The molecule has 3 aliphatic rings. The van der Waals surface area contributed by atoms with Crippen LogP contribution in [0.15, 0.2) is 0 Å². The number of halogens is 1. The number of epoxide rings is 1. The van der Waals surface area contributed by atoms with E-state index in [9.17, 15) is 4.39 Å². The van der Waals surface area contributed by atoms with Gasteiger partial charge in [-0.25, -0.2) is 4.39 Å². The third-order valence-corrected chi connectivity index (χ3v) is 2.73. The van der Waals surface area contributed by atoms with Crippen LogP contribution < -0.4 is 0 Å². The Labute approximate surface area is 81.3 Å². The summed E-state index contributed by atoms with van der Waals surface area (Å²) >= 11 is 0. The Hall–Kier alpha value is -0.230. The van der Waals surface area contributed by atoms with Crippen LogP contribution in [0.3, 0.4) is 0 Å². The Morgan fingerprint density at radius 1 is 1.21 bits per heavy atom.